The van der Waals surface area contributed by atoms with E-state index >= 15 is 0 Å². The van der Waals surface area contributed by atoms with Crippen molar-refractivity contribution in [3.63, 3.8) is 0 Å². The molecule has 2 rings (SSSR count). The van der Waals surface area contributed by atoms with Crippen molar-refractivity contribution in [3.8, 4) is 0 Å². The number of aryl methyl sites for hydroxylation is 1. The first-order chi connectivity index (χ1) is 8.08. The lowest BCUT2D eigenvalue weighted by atomic mass is 10.0. The largest absolute Gasteiger partial charge is 0.331 e. The molecule has 0 bridgehead atoms. The summed E-state index contributed by atoms with van der Waals surface area (Å²) in [7, 11) is 0. The van der Waals surface area contributed by atoms with Gasteiger partial charge in [0, 0.05) is 6.54 Å². The number of hydrogen-bond donors (Lipinski definition) is 0. The molecule has 1 aromatic heterocycles. The van der Waals surface area contributed by atoms with Gasteiger partial charge in [0.15, 0.2) is 0 Å². The molecule has 1 heterocycles. The van der Waals surface area contributed by atoms with Crippen LogP contribution >= 0.6 is 0 Å². The molecule has 0 aliphatic heterocycles. The highest BCUT2D eigenvalue weighted by molar-refractivity contribution is 5.76. The molecule has 0 amide bonds. The molecule has 2 aromatic rings. The molecule has 2 heteroatoms. The molecule has 0 aliphatic rings. The van der Waals surface area contributed by atoms with Crippen molar-refractivity contribution in [1.82, 2.24) is 9.55 Å². The number of hydrogen-bond acceptors (Lipinski definition) is 1. The maximum absolute atomic E-state index is 4.50. The summed E-state index contributed by atoms with van der Waals surface area (Å²) >= 11 is 0. The third kappa shape index (κ3) is 2.68. The zero-order valence-corrected chi connectivity index (χ0v) is 11.3. The Balaban J connectivity index is 2.28. The number of benzene rings is 1. The van der Waals surface area contributed by atoms with Gasteiger partial charge in [-0.3, -0.25) is 0 Å². The van der Waals surface area contributed by atoms with E-state index in [-0.39, 0.29) is 0 Å². The van der Waals surface area contributed by atoms with Crippen LogP contribution in [-0.4, -0.2) is 9.55 Å². The Morgan fingerprint density at radius 3 is 2.59 bits per heavy atom. The molecule has 0 aliphatic carbocycles. The van der Waals surface area contributed by atoms with E-state index in [1.54, 1.807) is 0 Å². The summed E-state index contributed by atoms with van der Waals surface area (Å²) in [6.45, 7) is 10.0. The Bertz CT molecular complexity index is 495. The SMILES string of the molecule is CC(C)CCn1cnc2cc(C(C)C)ccc21. The summed E-state index contributed by atoms with van der Waals surface area (Å²) in [5.41, 5.74) is 3.75. The Morgan fingerprint density at radius 2 is 1.94 bits per heavy atom. The van der Waals surface area contributed by atoms with Crippen molar-refractivity contribution in [2.75, 3.05) is 0 Å². The van der Waals surface area contributed by atoms with Crippen molar-refractivity contribution < 1.29 is 0 Å². The van der Waals surface area contributed by atoms with Crippen molar-refractivity contribution >= 4 is 11.0 Å². The van der Waals surface area contributed by atoms with Gasteiger partial charge in [0.2, 0.25) is 0 Å². The molecule has 92 valence electrons. The van der Waals surface area contributed by atoms with Crippen LogP contribution in [0.3, 0.4) is 0 Å². The van der Waals surface area contributed by atoms with Crippen molar-refractivity contribution in [2.24, 2.45) is 5.92 Å². The quantitative estimate of drug-likeness (QED) is 0.769. The number of nitrogens with zero attached hydrogens (tertiary/aromatic N) is 2. The highest BCUT2D eigenvalue weighted by atomic mass is 15.0. The van der Waals surface area contributed by atoms with Gasteiger partial charge in [-0.1, -0.05) is 33.8 Å². The summed E-state index contributed by atoms with van der Waals surface area (Å²) in [5.74, 6) is 1.31. The molecule has 0 N–H and O–H groups in total. The van der Waals surface area contributed by atoms with Gasteiger partial charge in [-0.25, -0.2) is 4.98 Å². The van der Waals surface area contributed by atoms with Crippen LogP contribution in [0.2, 0.25) is 0 Å². The number of rotatable bonds is 4. The summed E-state index contributed by atoms with van der Waals surface area (Å²) in [6, 6.07) is 6.64. The average Bonchev–Trinajstić information content (AvgIpc) is 2.68. The van der Waals surface area contributed by atoms with Gasteiger partial charge in [0.25, 0.3) is 0 Å². The van der Waals surface area contributed by atoms with E-state index in [1.165, 1.54) is 17.5 Å². The Morgan fingerprint density at radius 1 is 1.18 bits per heavy atom. The van der Waals surface area contributed by atoms with Crippen LogP contribution in [0.5, 0.6) is 0 Å². The van der Waals surface area contributed by atoms with Gasteiger partial charge >= 0.3 is 0 Å². The van der Waals surface area contributed by atoms with Gasteiger partial charge in [-0.2, -0.15) is 0 Å². The zero-order valence-electron chi connectivity index (χ0n) is 11.3. The minimum atomic E-state index is 0.570. The first-order valence-corrected chi connectivity index (χ1v) is 6.52. The lowest BCUT2D eigenvalue weighted by Gasteiger charge is -2.08. The minimum Gasteiger partial charge on any atom is -0.331 e. The van der Waals surface area contributed by atoms with Crippen LogP contribution in [0.25, 0.3) is 11.0 Å². The molecular weight excluding hydrogens is 208 g/mol. The van der Waals surface area contributed by atoms with Crippen LogP contribution in [0, 0.1) is 5.92 Å². The van der Waals surface area contributed by atoms with Gasteiger partial charge in [-0.15, -0.1) is 0 Å². The molecule has 17 heavy (non-hydrogen) atoms. The van der Waals surface area contributed by atoms with E-state index in [0.29, 0.717) is 5.92 Å². The fraction of sp³-hybridized carbons (Fsp3) is 0.533. The monoisotopic (exact) mass is 230 g/mol. The topological polar surface area (TPSA) is 17.8 Å². The van der Waals surface area contributed by atoms with Crippen LogP contribution in [0.15, 0.2) is 24.5 Å². The summed E-state index contributed by atoms with van der Waals surface area (Å²) < 4.78 is 2.26. The van der Waals surface area contributed by atoms with E-state index in [4.69, 9.17) is 0 Å². The molecule has 0 fully saturated rings. The normalized spacial score (nSPS) is 11.9. The second-order valence-corrected chi connectivity index (χ2v) is 5.52. The molecule has 1 aromatic carbocycles. The van der Waals surface area contributed by atoms with Gasteiger partial charge in [-0.05, 0) is 36.0 Å². The number of imidazole rings is 1. The van der Waals surface area contributed by atoms with Crippen LogP contribution < -0.4 is 0 Å². The Hall–Kier alpha value is -1.31. The molecule has 0 radical (unpaired) electrons. The average molecular weight is 230 g/mol. The van der Waals surface area contributed by atoms with Gasteiger partial charge < -0.3 is 4.57 Å². The van der Waals surface area contributed by atoms with E-state index in [2.05, 4.69) is 55.4 Å². The van der Waals surface area contributed by atoms with Crippen LogP contribution in [0.1, 0.15) is 45.6 Å². The lowest BCUT2D eigenvalue weighted by molar-refractivity contribution is 0.523. The molecule has 2 nitrogen and oxygen atoms in total. The van der Waals surface area contributed by atoms with Crippen LogP contribution in [0.4, 0.5) is 0 Å². The van der Waals surface area contributed by atoms with E-state index in [1.807, 2.05) is 6.33 Å². The predicted octanol–water partition coefficient (Wildman–Crippen LogP) is 4.21. The fourth-order valence-electron chi connectivity index (χ4n) is 2.02. The molecule has 0 atom stereocenters. The van der Waals surface area contributed by atoms with Crippen molar-refractivity contribution in [1.29, 1.82) is 0 Å². The first-order valence-electron chi connectivity index (χ1n) is 6.52. The van der Waals surface area contributed by atoms with Gasteiger partial charge in [0.1, 0.15) is 0 Å². The minimum absolute atomic E-state index is 0.570. The summed E-state index contributed by atoms with van der Waals surface area (Å²) in [4.78, 5) is 4.50. The zero-order chi connectivity index (χ0) is 12.4. The third-order valence-corrected chi connectivity index (χ3v) is 3.26. The molecular formula is C15H22N2. The molecule has 0 unspecified atom stereocenters. The maximum Gasteiger partial charge on any atom is 0.0958 e. The predicted molar refractivity (Wildman–Crippen MR) is 73.3 cm³/mol. The second-order valence-electron chi connectivity index (χ2n) is 5.52. The van der Waals surface area contributed by atoms with E-state index < -0.39 is 0 Å². The highest BCUT2D eigenvalue weighted by Crippen LogP contribution is 2.21. The lowest BCUT2D eigenvalue weighted by Crippen LogP contribution is -2.00. The fourth-order valence-corrected chi connectivity index (χ4v) is 2.02. The Kier molecular flexibility index (Phi) is 3.51. The number of fused-ring (bicyclic) bond motifs is 1. The van der Waals surface area contributed by atoms with Crippen molar-refractivity contribution in [2.45, 2.75) is 46.6 Å². The molecule has 0 saturated heterocycles. The summed E-state index contributed by atoms with van der Waals surface area (Å²) in [6.07, 6.45) is 3.18. The number of aromatic nitrogens is 2. The molecule has 0 spiro atoms. The van der Waals surface area contributed by atoms with E-state index in [9.17, 15) is 0 Å². The Labute approximate surface area is 104 Å². The van der Waals surface area contributed by atoms with Gasteiger partial charge in [0.05, 0.1) is 17.4 Å². The second kappa shape index (κ2) is 4.91. The van der Waals surface area contributed by atoms with Crippen molar-refractivity contribution in [3.05, 3.63) is 30.1 Å². The van der Waals surface area contributed by atoms with Crippen LogP contribution in [-0.2, 0) is 6.54 Å². The first kappa shape index (κ1) is 12.2. The smallest absolute Gasteiger partial charge is 0.0958 e. The third-order valence-electron chi connectivity index (χ3n) is 3.26. The highest BCUT2D eigenvalue weighted by Gasteiger charge is 2.06. The van der Waals surface area contributed by atoms with E-state index in [0.717, 1.165) is 18.0 Å². The summed E-state index contributed by atoms with van der Waals surface area (Å²) in [5, 5.41) is 0. The standard InChI is InChI=1S/C15H22N2/c1-11(2)7-8-17-10-16-14-9-13(12(3)4)5-6-15(14)17/h5-6,9-12H,7-8H2,1-4H3. The molecule has 0 saturated carbocycles. The maximum atomic E-state index is 4.50.